The fraction of sp³-hybridized carbons (Fsp3) is 0.500. The van der Waals surface area contributed by atoms with Gasteiger partial charge in [-0.3, -0.25) is 14.5 Å². The van der Waals surface area contributed by atoms with Crippen LogP contribution in [0.5, 0.6) is 0 Å². The van der Waals surface area contributed by atoms with E-state index in [0.717, 1.165) is 32.5 Å². The predicted molar refractivity (Wildman–Crippen MR) is 95.9 cm³/mol. The monoisotopic (exact) mass is 342 g/mol. The molecular formula is C20H26N2O3. The minimum absolute atomic E-state index is 0.0988. The summed E-state index contributed by atoms with van der Waals surface area (Å²) in [5.41, 5.74) is 1.31. The third kappa shape index (κ3) is 4.69. The van der Waals surface area contributed by atoms with Gasteiger partial charge in [0, 0.05) is 25.7 Å². The van der Waals surface area contributed by atoms with Crippen LogP contribution in [-0.2, 0) is 16.1 Å². The molecule has 3 rings (SSSR count). The molecule has 0 radical (unpaired) electrons. The maximum absolute atomic E-state index is 12.5. The van der Waals surface area contributed by atoms with E-state index in [4.69, 9.17) is 0 Å². The van der Waals surface area contributed by atoms with E-state index in [0.29, 0.717) is 12.8 Å². The molecule has 2 N–H and O–H groups in total. The number of likely N-dealkylation sites (tertiary alicyclic amines) is 1. The molecule has 1 aromatic rings. The fourth-order valence-electron chi connectivity index (χ4n) is 3.76. The van der Waals surface area contributed by atoms with Crippen LogP contribution in [-0.4, -0.2) is 41.0 Å². The molecule has 1 heterocycles. The molecule has 25 heavy (non-hydrogen) atoms. The van der Waals surface area contributed by atoms with Crippen LogP contribution in [0.4, 0.5) is 0 Å². The molecule has 0 aromatic heterocycles. The van der Waals surface area contributed by atoms with Crippen LogP contribution in [0.2, 0.25) is 0 Å². The van der Waals surface area contributed by atoms with Gasteiger partial charge in [-0.15, -0.1) is 0 Å². The van der Waals surface area contributed by atoms with Gasteiger partial charge in [0.1, 0.15) is 0 Å². The summed E-state index contributed by atoms with van der Waals surface area (Å²) >= 11 is 0. The minimum atomic E-state index is -0.873. The summed E-state index contributed by atoms with van der Waals surface area (Å²) in [6.45, 7) is 2.84. The molecule has 1 aromatic carbocycles. The van der Waals surface area contributed by atoms with Crippen molar-refractivity contribution in [3.8, 4) is 0 Å². The van der Waals surface area contributed by atoms with Crippen LogP contribution >= 0.6 is 0 Å². The van der Waals surface area contributed by atoms with Gasteiger partial charge in [-0.2, -0.15) is 0 Å². The quantitative estimate of drug-likeness (QED) is 0.807. The van der Waals surface area contributed by atoms with Crippen LogP contribution in [0.3, 0.4) is 0 Å². The Morgan fingerprint density at radius 3 is 2.32 bits per heavy atom. The van der Waals surface area contributed by atoms with E-state index in [1.54, 1.807) is 0 Å². The first kappa shape index (κ1) is 17.7. The van der Waals surface area contributed by atoms with Crippen LogP contribution in [0.1, 0.15) is 31.2 Å². The third-order valence-electron chi connectivity index (χ3n) is 5.27. The number of hydrogen-bond acceptors (Lipinski definition) is 3. The number of carboxylic acids is 1. The number of piperidine rings is 1. The average molecular weight is 342 g/mol. The lowest BCUT2D eigenvalue weighted by Gasteiger charge is -2.34. The number of hydrogen-bond donors (Lipinski definition) is 2. The van der Waals surface area contributed by atoms with Gasteiger partial charge in [0.2, 0.25) is 5.91 Å². The summed E-state index contributed by atoms with van der Waals surface area (Å²) in [6.07, 6.45) is 6.59. The highest BCUT2D eigenvalue weighted by molar-refractivity contribution is 5.85. The van der Waals surface area contributed by atoms with Crippen molar-refractivity contribution in [1.82, 2.24) is 10.2 Å². The summed E-state index contributed by atoms with van der Waals surface area (Å²) in [5.74, 6) is -2.01. The molecule has 0 bridgehead atoms. The number of allylic oxidation sites excluding steroid dienone is 2. The Morgan fingerprint density at radius 2 is 1.68 bits per heavy atom. The minimum Gasteiger partial charge on any atom is -0.481 e. The van der Waals surface area contributed by atoms with Crippen molar-refractivity contribution in [2.45, 2.75) is 38.3 Å². The molecule has 2 atom stereocenters. The Kier molecular flexibility index (Phi) is 5.87. The van der Waals surface area contributed by atoms with Gasteiger partial charge in [-0.1, -0.05) is 42.5 Å². The first-order valence-electron chi connectivity index (χ1n) is 9.08. The highest BCUT2D eigenvalue weighted by atomic mass is 16.4. The van der Waals surface area contributed by atoms with Crippen LogP contribution < -0.4 is 5.32 Å². The zero-order valence-corrected chi connectivity index (χ0v) is 14.4. The second-order valence-corrected chi connectivity index (χ2v) is 7.04. The Labute approximate surface area is 148 Å². The van der Waals surface area contributed by atoms with Gasteiger partial charge in [0.05, 0.1) is 11.8 Å². The second kappa shape index (κ2) is 8.30. The standard InChI is InChI=1S/C20H26N2O3/c23-19(17-8-4-5-9-18(17)20(24)25)21-16-10-12-22(13-11-16)14-15-6-2-1-3-7-15/h1-7,16-18H,8-14H2,(H,21,23)(H,24,25)/t17-,18+/m1/s1. The summed E-state index contributed by atoms with van der Waals surface area (Å²) in [6, 6.07) is 10.6. The summed E-state index contributed by atoms with van der Waals surface area (Å²) in [4.78, 5) is 26.3. The molecule has 1 aliphatic heterocycles. The van der Waals surface area contributed by atoms with Gasteiger partial charge < -0.3 is 10.4 Å². The molecule has 1 aliphatic carbocycles. The molecular weight excluding hydrogens is 316 g/mol. The average Bonchev–Trinajstić information content (AvgIpc) is 2.64. The zero-order valence-electron chi connectivity index (χ0n) is 14.4. The molecule has 2 aliphatic rings. The molecule has 0 spiro atoms. The Morgan fingerprint density at radius 1 is 1.04 bits per heavy atom. The van der Waals surface area contributed by atoms with Crippen molar-refractivity contribution in [3.63, 3.8) is 0 Å². The van der Waals surface area contributed by atoms with E-state index in [-0.39, 0.29) is 11.9 Å². The van der Waals surface area contributed by atoms with Crippen molar-refractivity contribution in [2.75, 3.05) is 13.1 Å². The summed E-state index contributed by atoms with van der Waals surface area (Å²) < 4.78 is 0. The predicted octanol–water partition coefficient (Wildman–Crippen LogP) is 2.43. The van der Waals surface area contributed by atoms with Gasteiger partial charge in [-0.05, 0) is 31.2 Å². The lowest BCUT2D eigenvalue weighted by molar-refractivity contribution is -0.147. The van der Waals surface area contributed by atoms with E-state index in [1.807, 2.05) is 18.2 Å². The lowest BCUT2D eigenvalue weighted by atomic mass is 9.82. The topological polar surface area (TPSA) is 69.6 Å². The zero-order chi connectivity index (χ0) is 17.6. The molecule has 5 heteroatoms. The normalized spacial score (nSPS) is 24.8. The highest BCUT2D eigenvalue weighted by Gasteiger charge is 2.35. The lowest BCUT2D eigenvalue weighted by Crippen LogP contribution is -2.48. The van der Waals surface area contributed by atoms with E-state index in [2.05, 4.69) is 34.5 Å². The van der Waals surface area contributed by atoms with Crippen molar-refractivity contribution >= 4 is 11.9 Å². The summed E-state index contributed by atoms with van der Waals surface area (Å²) in [5, 5.41) is 12.4. The van der Waals surface area contributed by atoms with Gasteiger partial charge in [0.25, 0.3) is 0 Å². The largest absolute Gasteiger partial charge is 0.481 e. The number of nitrogens with one attached hydrogen (secondary N) is 1. The van der Waals surface area contributed by atoms with E-state index >= 15 is 0 Å². The molecule has 134 valence electrons. The summed E-state index contributed by atoms with van der Waals surface area (Å²) in [7, 11) is 0. The second-order valence-electron chi connectivity index (χ2n) is 7.04. The number of rotatable bonds is 5. The Bertz CT molecular complexity index is 621. The van der Waals surface area contributed by atoms with Crippen molar-refractivity contribution in [2.24, 2.45) is 11.8 Å². The molecule has 1 amide bonds. The number of carbonyl (C=O) groups excluding carboxylic acids is 1. The molecule has 5 nitrogen and oxygen atoms in total. The number of nitrogens with zero attached hydrogens (tertiary/aromatic N) is 1. The van der Waals surface area contributed by atoms with E-state index < -0.39 is 17.8 Å². The van der Waals surface area contributed by atoms with E-state index in [9.17, 15) is 14.7 Å². The number of carbonyl (C=O) groups is 2. The van der Waals surface area contributed by atoms with Crippen molar-refractivity contribution in [1.29, 1.82) is 0 Å². The highest BCUT2D eigenvalue weighted by Crippen LogP contribution is 2.26. The van der Waals surface area contributed by atoms with Crippen molar-refractivity contribution in [3.05, 3.63) is 48.0 Å². The van der Waals surface area contributed by atoms with Crippen LogP contribution in [0.15, 0.2) is 42.5 Å². The maximum Gasteiger partial charge on any atom is 0.307 e. The van der Waals surface area contributed by atoms with Crippen LogP contribution in [0.25, 0.3) is 0 Å². The Hall–Kier alpha value is -2.14. The fourth-order valence-corrected chi connectivity index (χ4v) is 3.76. The van der Waals surface area contributed by atoms with Gasteiger partial charge in [-0.25, -0.2) is 0 Å². The third-order valence-corrected chi connectivity index (χ3v) is 5.27. The van der Waals surface area contributed by atoms with Gasteiger partial charge >= 0.3 is 5.97 Å². The SMILES string of the molecule is O=C(O)[C@H]1CC=CC[C@H]1C(=O)NC1CCN(Cc2ccccc2)CC1. The smallest absolute Gasteiger partial charge is 0.307 e. The number of amides is 1. The number of aliphatic carboxylic acids is 1. The van der Waals surface area contributed by atoms with Gasteiger partial charge in [0.15, 0.2) is 0 Å². The first-order valence-corrected chi connectivity index (χ1v) is 9.08. The molecule has 1 fully saturated rings. The maximum atomic E-state index is 12.5. The number of benzene rings is 1. The molecule has 0 unspecified atom stereocenters. The van der Waals surface area contributed by atoms with E-state index in [1.165, 1.54) is 5.56 Å². The molecule has 0 saturated carbocycles. The molecule has 1 saturated heterocycles. The van der Waals surface area contributed by atoms with Crippen molar-refractivity contribution < 1.29 is 14.7 Å². The first-order chi connectivity index (χ1) is 12.1. The Balaban J connectivity index is 1.47. The van der Waals surface area contributed by atoms with Crippen LogP contribution in [0, 0.1) is 11.8 Å². The number of carboxylic acid groups (broad SMARTS) is 1.